The molecule has 0 aromatic heterocycles. The third-order valence-electron chi connectivity index (χ3n) is 1.91. The van der Waals surface area contributed by atoms with Crippen LogP contribution in [-0.4, -0.2) is 51.1 Å². The Hall–Kier alpha value is -0.130. The van der Waals surface area contributed by atoms with Crippen LogP contribution < -0.4 is 0 Å². The summed E-state index contributed by atoms with van der Waals surface area (Å²) in [5, 5.41) is 18.3. The van der Waals surface area contributed by atoms with Crippen molar-refractivity contribution in [3.05, 3.63) is 0 Å². The van der Waals surface area contributed by atoms with Gasteiger partial charge in [-0.15, -0.1) is 0 Å². The Labute approximate surface area is 79.3 Å². The minimum atomic E-state index is -0.791. The topological polar surface area (TPSA) is 60.8 Å². The van der Waals surface area contributed by atoms with Crippen LogP contribution in [0.2, 0.25) is 0 Å². The normalized spacial score (nSPS) is 32.2. The van der Waals surface area contributed by atoms with Crippen molar-refractivity contribution < 1.29 is 15.0 Å². The number of nitrogens with zero attached hydrogens (tertiary/aromatic N) is 1. The summed E-state index contributed by atoms with van der Waals surface area (Å²) in [5.74, 6) is -0.0920. The largest absolute Gasteiger partial charge is 0.388 e. The van der Waals surface area contributed by atoms with Gasteiger partial charge in [-0.1, -0.05) is 15.9 Å². The number of carbonyl (C=O) groups excluding carboxylic acids is 1. The van der Waals surface area contributed by atoms with Crippen molar-refractivity contribution in [1.82, 2.24) is 4.90 Å². The molecular formula is C7H12BrNO3. The van der Waals surface area contributed by atoms with Crippen LogP contribution in [0.4, 0.5) is 0 Å². The van der Waals surface area contributed by atoms with Crippen LogP contribution in [0.3, 0.4) is 0 Å². The molecule has 1 fully saturated rings. The molecule has 0 bridgehead atoms. The number of aliphatic hydroxyl groups is 2. The molecule has 0 radical (unpaired) electrons. The second-order valence-electron chi connectivity index (χ2n) is 2.99. The van der Waals surface area contributed by atoms with Gasteiger partial charge in [0.25, 0.3) is 0 Å². The van der Waals surface area contributed by atoms with E-state index >= 15 is 0 Å². The molecule has 4 nitrogen and oxygen atoms in total. The maximum atomic E-state index is 11.3. The first-order chi connectivity index (χ1) is 5.52. The Morgan fingerprint density at radius 3 is 2.25 bits per heavy atom. The fourth-order valence-electron chi connectivity index (χ4n) is 1.20. The molecule has 0 saturated carbocycles. The van der Waals surface area contributed by atoms with Crippen molar-refractivity contribution >= 4 is 21.8 Å². The van der Waals surface area contributed by atoms with Crippen LogP contribution in [0.25, 0.3) is 0 Å². The van der Waals surface area contributed by atoms with Crippen LogP contribution in [0, 0.1) is 0 Å². The van der Waals surface area contributed by atoms with Crippen LogP contribution in [-0.2, 0) is 4.79 Å². The summed E-state index contributed by atoms with van der Waals surface area (Å²) in [7, 11) is 0. The zero-order valence-corrected chi connectivity index (χ0v) is 8.36. The first kappa shape index (κ1) is 9.95. The number of rotatable bonds is 1. The minimum absolute atomic E-state index is 0.0920. The van der Waals surface area contributed by atoms with Gasteiger partial charge in [-0.2, -0.15) is 0 Å². The van der Waals surface area contributed by atoms with E-state index < -0.39 is 12.2 Å². The van der Waals surface area contributed by atoms with Crippen molar-refractivity contribution in [2.75, 3.05) is 13.1 Å². The Bertz CT molecular complexity index is 175. The molecule has 0 spiro atoms. The summed E-state index contributed by atoms with van der Waals surface area (Å²) in [4.78, 5) is 12.5. The Morgan fingerprint density at radius 2 is 1.92 bits per heavy atom. The molecule has 1 heterocycles. The molecule has 3 atom stereocenters. The molecule has 1 amide bonds. The number of carbonyl (C=O) groups is 1. The van der Waals surface area contributed by atoms with Crippen LogP contribution in [0.1, 0.15) is 6.92 Å². The first-order valence-corrected chi connectivity index (χ1v) is 4.73. The van der Waals surface area contributed by atoms with Gasteiger partial charge in [-0.25, -0.2) is 0 Å². The van der Waals surface area contributed by atoms with Gasteiger partial charge in [0.05, 0.1) is 17.0 Å². The molecule has 5 heteroatoms. The molecule has 2 N–H and O–H groups in total. The fraction of sp³-hybridized carbons (Fsp3) is 0.857. The average Bonchev–Trinajstić information content (AvgIpc) is 2.30. The lowest BCUT2D eigenvalue weighted by Gasteiger charge is -2.16. The van der Waals surface area contributed by atoms with Gasteiger partial charge in [-0.05, 0) is 6.92 Å². The first-order valence-electron chi connectivity index (χ1n) is 3.81. The maximum Gasteiger partial charge on any atom is 0.236 e. The molecule has 12 heavy (non-hydrogen) atoms. The van der Waals surface area contributed by atoms with E-state index in [9.17, 15) is 4.79 Å². The molecule has 1 aliphatic heterocycles. The van der Waals surface area contributed by atoms with Crippen molar-refractivity contribution in [3.63, 3.8) is 0 Å². The van der Waals surface area contributed by atoms with E-state index in [1.165, 1.54) is 4.90 Å². The highest BCUT2D eigenvalue weighted by atomic mass is 79.9. The van der Waals surface area contributed by atoms with Gasteiger partial charge in [-0.3, -0.25) is 4.79 Å². The molecule has 0 aliphatic carbocycles. The molecular weight excluding hydrogens is 226 g/mol. The van der Waals surface area contributed by atoms with E-state index in [4.69, 9.17) is 10.2 Å². The lowest BCUT2D eigenvalue weighted by molar-refractivity contribution is -0.129. The number of likely N-dealkylation sites (tertiary alicyclic amines) is 1. The van der Waals surface area contributed by atoms with Crippen LogP contribution >= 0.6 is 15.9 Å². The van der Waals surface area contributed by atoms with Crippen LogP contribution in [0.5, 0.6) is 0 Å². The lowest BCUT2D eigenvalue weighted by atomic mass is 10.3. The molecule has 0 aromatic carbocycles. The highest BCUT2D eigenvalue weighted by Crippen LogP contribution is 2.13. The summed E-state index contributed by atoms with van der Waals surface area (Å²) >= 11 is 3.14. The molecule has 1 rings (SSSR count). The Balaban J connectivity index is 2.52. The van der Waals surface area contributed by atoms with E-state index in [0.29, 0.717) is 0 Å². The third kappa shape index (κ3) is 1.97. The van der Waals surface area contributed by atoms with Crippen molar-refractivity contribution in [2.45, 2.75) is 24.0 Å². The zero-order chi connectivity index (χ0) is 9.30. The van der Waals surface area contributed by atoms with Gasteiger partial charge in [0.15, 0.2) is 0 Å². The summed E-state index contributed by atoms with van der Waals surface area (Å²) in [6.07, 6.45) is -1.58. The second kappa shape index (κ2) is 3.72. The summed E-state index contributed by atoms with van der Waals surface area (Å²) in [6.45, 7) is 2.19. The van der Waals surface area contributed by atoms with Gasteiger partial charge < -0.3 is 15.1 Å². The zero-order valence-electron chi connectivity index (χ0n) is 6.77. The highest BCUT2D eigenvalue weighted by molar-refractivity contribution is 9.10. The van der Waals surface area contributed by atoms with Gasteiger partial charge in [0.1, 0.15) is 0 Å². The Kier molecular flexibility index (Phi) is 3.09. The van der Waals surface area contributed by atoms with E-state index in [1.807, 2.05) is 0 Å². The smallest absolute Gasteiger partial charge is 0.236 e. The van der Waals surface area contributed by atoms with Gasteiger partial charge in [0, 0.05) is 13.1 Å². The maximum absolute atomic E-state index is 11.3. The summed E-state index contributed by atoms with van der Waals surface area (Å²) < 4.78 is 0. The second-order valence-corrected chi connectivity index (χ2v) is 4.37. The fourth-order valence-corrected chi connectivity index (χ4v) is 1.49. The lowest BCUT2D eigenvalue weighted by Crippen LogP contribution is -2.34. The van der Waals surface area contributed by atoms with Gasteiger partial charge in [0.2, 0.25) is 5.91 Å². The number of hydrogen-bond acceptors (Lipinski definition) is 3. The number of hydrogen-bond donors (Lipinski definition) is 2. The van der Waals surface area contributed by atoms with E-state index in [-0.39, 0.29) is 23.8 Å². The van der Waals surface area contributed by atoms with Crippen molar-refractivity contribution in [2.24, 2.45) is 0 Å². The number of aliphatic hydroxyl groups excluding tert-OH is 2. The van der Waals surface area contributed by atoms with Crippen molar-refractivity contribution in [3.8, 4) is 0 Å². The third-order valence-corrected chi connectivity index (χ3v) is 2.30. The van der Waals surface area contributed by atoms with Crippen LogP contribution in [0.15, 0.2) is 0 Å². The highest BCUT2D eigenvalue weighted by Gasteiger charge is 2.33. The molecule has 1 unspecified atom stereocenters. The quantitative estimate of drug-likeness (QED) is 0.596. The summed E-state index contributed by atoms with van der Waals surface area (Å²) in [6, 6.07) is 0. The molecule has 0 aromatic rings. The number of alkyl halides is 1. The predicted octanol–water partition coefficient (Wildman–Crippen LogP) is -0.666. The SMILES string of the molecule is CC(Br)C(=O)N1C[C@@H](O)[C@@H](O)C1. The number of β-amino-alcohol motifs (C(OH)–C–C–N with tert-alkyl or cyclic N) is 2. The minimum Gasteiger partial charge on any atom is -0.388 e. The van der Waals surface area contributed by atoms with E-state index in [1.54, 1.807) is 6.92 Å². The standard InChI is InChI=1S/C7H12BrNO3/c1-4(8)7(12)9-2-5(10)6(11)3-9/h4-6,10-11H,2-3H2,1H3/t4?,5-,6+. The predicted molar refractivity (Wildman–Crippen MR) is 47.0 cm³/mol. The number of halogens is 1. The summed E-state index contributed by atoms with van der Waals surface area (Å²) in [5.41, 5.74) is 0. The van der Waals surface area contributed by atoms with E-state index in [2.05, 4.69) is 15.9 Å². The van der Waals surface area contributed by atoms with Gasteiger partial charge >= 0.3 is 0 Å². The van der Waals surface area contributed by atoms with Crippen molar-refractivity contribution in [1.29, 1.82) is 0 Å². The molecule has 1 aliphatic rings. The number of amides is 1. The Morgan fingerprint density at radius 1 is 1.50 bits per heavy atom. The molecule has 1 saturated heterocycles. The monoisotopic (exact) mass is 237 g/mol. The van der Waals surface area contributed by atoms with E-state index in [0.717, 1.165) is 0 Å². The average molecular weight is 238 g/mol. The molecule has 70 valence electrons.